The van der Waals surface area contributed by atoms with E-state index in [1.165, 1.54) is 6.07 Å². The second kappa shape index (κ2) is 4.15. The van der Waals surface area contributed by atoms with Crippen molar-refractivity contribution in [1.82, 2.24) is 4.98 Å². The summed E-state index contributed by atoms with van der Waals surface area (Å²) in [4.78, 5) is 4.26. The molecule has 1 heterocycles. The Kier molecular flexibility index (Phi) is 2.87. The van der Waals surface area contributed by atoms with Crippen LogP contribution in [0, 0.1) is 12.7 Å². The van der Waals surface area contributed by atoms with Crippen molar-refractivity contribution in [2.24, 2.45) is 0 Å². The molecule has 0 aliphatic heterocycles. The van der Waals surface area contributed by atoms with Gasteiger partial charge >= 0.3 is 0 Å². The molecule has 3 heteroatoms. The number of halogens is 2. The monoisotopic (exact) mass is 223 g/mol. The fraction of sp³-hybridized carbons (Fsp3) is 0.250. The molecular formula is C12H11ClFN. The summed E-state index contributed by atoms with van der Waals surface area (Å²) in [5.41, 5.74) is 2.38. The van der Waals surface area contributed by atoms with Gasteiger partial charge in [-0.2, -0.15) is 0 Å². The maximum absolute atomic E-state index is 13.4. The number of para-hydroxylation sites is 1. The molecular weight excluding hydrogens is 213 g/mol. The average molecular weight is 224 g/mol. The second-order valence-electron chi connectivity index (χ2n) is 3.48. The first-order valence-corrected chi connectivity index (χ1v) is 5.36. The minimum absolute atomic E-state index is 0.270. The van der Waals surface area contributed by atoms with Crippen molar-refractivity contribution in [3.8, 4) is 0 Å². The van der Waals surface area contributed by atoms with Crippen molar-refractivity contribution >= 4 is 22.5 Å². The Labute approximate surface area is 92.9 Å². The SMILES string of the molecule is Cc1nc2c(F)cccc2cc1CCCl. The standard InChI is InChI=1S/C12H11ClFN/c1-8-9(5-6-13)7-10-3-2-4-11(14)12(10)15-8/h2-4,7H,5-6H2,1H3. The number of aryl methyl sites for hydroxylation is 2. The smallest absolute Gasteiger partial charge is 0.149 e. The molecule has 0 radical (unpaired) electrons. The molecule has 0 aliphatic carbocycles. The summed E-state index contributed by atoms with van der Waals surface area (Å²) in [6.07, 6.45) is 0.771. The Morgan fingerprint density at radius 3 is 2.93 bits per heavy atom. The van der Waals surface area contributed by atoms with Crippen LogP contribution in [0.1, 0.15) is 11.3 Å². The lowest BCUT2D eigenvalue weighted by molar-refractivity contribution is 0.636. The van der Waals surface area contributed by atoms with Crippen LogP contribution in [-0.4, -0.2) is 10.9 Å². The van der Waals surface area contributed by atoms with Gasteiger partial charge < -0.3 is 0 Å². The summed E-state index contributed by atoms with van der Waals surface area (Å²) in [5, 5.41) is 0.834. The number of rotatable bonds is 2. The van der Waals surface area contributed by atoms with Gasteiger partial charge in [-0.05, 0) is 31.0 Å². The fourth-order valence-electron chi connectivity index (χ4n) is 1.65. The molecule has 0 aliphatic rings. The Morgan fingerprint density at radius 1 is 1.40 bits per heavy atom. The zero-order valence-electron chi connectivity index (χ0n) is 8.43. The summed E-state index contributed by atoms with van der Waals surface area (Å²) in [5.74, 6) is 0.289. The van der Waals surface area contributed by atoms with Gasteiger partial charge in [0.2, 0.25) is 0 Å². The van der Waals surface area contributed by atoms with E-state index >= 15 is 0 Å². The number of pyridine rings is 1. The van der Waals surface area contributed by atoms with Gasteiger partial charge in [0.1, 0.15) is 11.3 Å². The number of nitrogens with zero attached hydrogens (tertiary/aromatic N) is 1. The molecule has 0 unspecified atom stereocenters. The van der Waals surface area contributed by atoms with Crippen molar-refractivity contribution in [2.45, 2.75) is 13.3 Å². The van der Waals surface area contributed by atoms with Gasteiger partial charge in [0.05, 0.1) is 0 Å². The summed E-state index contributed by atoms with van der Waals surface area (Å²) in [7, 11) is 0. The number of alkyl halides is 1. The van der Waals surface area contributed by atoms with Crippen LogP contribution in [0.5, 0.6) is 0 Å². The van der Waals surface area contributed by atoms with Crippen molar-refractivity contribution in [1.29, 1.82) is 0 Å². The van der Waals surface area contributed by atoms with E-state index in [1.54, 1.807) is 6.07 Å². The van der Waals surface area contributed by atoms with Gasteiger partial charge in [-0.1, -0.05) is 12.1 Å². The van der Waals surface area contributed by atoms with Crippen molar-refractivity contribution in [3.63, 3.8) is 0 Å². The molecule has 0 saturated heterocycles. The molecule has 0 spiro atoms. The van der Waals surface area contributed by atoms with E-state index in [0.717, 1.165) is 23.1 Å². The molecule has 1 aromatic heterocycles. The molecule has 0 saturated carbocycles. The van der Waals surface area contributed by atoms with Crippen LogP contribution in [0.25, 0.3) is 10.9 Å². The molecule has 0 bridgehead atoms. The van der Waals surface area contributed by atoms with Crippen LogP contribution in [0.15, 0.2) is 24.3 Å². The minimum atomic E-state index is -0.270. The van der Waals surface area contributed by atoms with Crippen molar-refractivity contribution < 1.29 is 4.39 Å². The molecule has 1 nitrogen and oxygen atoms in total. The first-order valence-electron chi connectivity index (χ1n) is 4.83. The molecule has 0 fully saturated rings. The largest absolute Gasteiger partial charge is 0.250 e. The van der Waals surface area contributed by atoms with Crippen LogP contribution < -0.4 is 0 Å². The van der Waals surface area contributed by atoms with E-state index < -0.39 is 0 Å². The zero-order valence-corrected chi connectivity index (χ0v) is 9.18. The van der Waals surface area contributed by atoms with E-state index in [2.05, 4.69) is 4.98 Å². The van der Waals surface area contributed by atoms with Crippen LogP contribution in [0.4, 0.5) is 4.39 Å². The van der Waals surface area contributed by atoms with Crippen LogP contribution in [0.3, 0.4) is 0 Å². The molecule has 0 N–H and O–H groups in total. The summed E-state index contributed by atoms with van der Waals surface area (Å²) >= 11 is 5.69. The Balaban J connectivity index is 2.65. The lowest BCUT2D eigenvalue weighted by Crippen LogP contribution is -1.96. The molecule has 2 aromatic rings. The highest BCUT2D eigenvalue weighted by atomic mass is 35.5. The van der Waals surface area contributed by atoms with Gasteiger partial charge in [0.15, 0.2) is 0 Å². The Hall–Kier alpha value is -1.15. The normalized spacial score (nSPS) is 10.9. The van der Waals surface area contributed by atoms with Crippen LogP contribution in [0.2, 0.25) is 0 Å². The van der Waals surface area contributed by atoms with Crippen LogP contribution in [-0.2, 0) is 6.42 Å². The number of hydrogen-bond donors (Lipinski definition) is 0. The first kappa shape index (κ1) is 10.4. The van der Waals surface area contributed by atoms with Gasteiger partial charge in [0, 0.05) is 17.0 Å². The van der Waals surface area contributed by atoms with Gasteiger partial charge in [-0.15, -0.1) is 11.6 Å². The lowest BCUT2D eigenvalue weighted by atomic mass is 10.1. The van der Waals surface area contributed by atoms with Crippen LogP contribution >= 0.6 is 11.6 Å². The van der Waals surface area contributed by atoms with E-state index in [9.17, 15) is 4.39 Å². The molecule has 78 valence electrons. The summed E-state index contributed by atoms with van der Waals surface area (Å²) in [6, 6.07) is 6.95. The lowest BCUT2D eigenvalue weighted by Gasteiger charge is -2.06. The number of fused-ring (bicyclic) bond motifs is 1. The predicted octanol–water partition coefficient (Wildman–Crippen LogP) is 3.46. The van der Waals surface area contributed by atoms with E-state index in [1.807, 2.05) is 19.1 Å². The molecule has 0 atom stereocenters. The highest BCUT2D eigenvalue weighted by Gasteiger charge is 2.05. The Bertz CT molecular complexity index is 496. The highest BCUT2D eigenvalue weighted by Crippen LogP contribution is 2.19. The number of hydrogen-bond acceptors (Lipinski definition) is 1. The Morgan fingerprint density at radius 2 is 2.20 bits per heavy atom. The number of benzene rings is 1. The molecule has 2 rings (SSSR count). The van der Waals surface area contributed by atoms with E-state index in [4.69, 9.17) is 11.6 Å². The predicted molar refractivity (Wildman–Crippen MR) is 60.9 cm³/mol. The number of aromatic nitrogens is 1. The van der Waals surface area contributed by atoms with Gasteiger partial charge in [-0.25, -0.2) is 9.37 Å². The van der Waals surface area contributed by atoms with Crippen molar-refractivity contribution in [3.05, 3.63) is 41.3 Å². The topological polar surface area (TPSA) is 12.9 Å². The molecule has 15 heavy (non-hydrogen) atoms. The quantitative estimate of drug-likeness (QED) is 0.711. The minimum Gasteiger partial charge on any atom is -0.250 e. The highest BCUT2D eigenvalue weighted by molar-refractivity contribution is 6.18. The summed E-state index contributed by atoms with van der Waals surface area (Å²) in [6.45, 7) is 1.88. The van der Waals surface area contributed by atoms with E-state index in [0.29, 0.717) is 11.4 Å². The first-order chi connectivity index (χ1) is 7.22. The second-order valence-corrected chi connectivity index (χ2v) is 3.86. The fourth-order valence-corrected chi connectivity index (χ4v) is 1.86. The molecule has 0 amide bonds. The van der Waals surface area contributed by atoms with Gasteiger partial charge in [0.25, 0.3) is 0 Å². The third-order valence-corrected chi connectivity index (χ3v) is 2.64. The maximum atomic E-state index is 13.4. The third-order valence-electron chi connectivity index (χ3n) is 2.46. The zero-order chi connectivity index (χ0) is 10.8. The average Bonchev–Trinajstić information content (AvgIpc) is 2.21. The maximum Gasteiger partial charge on any atom is 0.149 e. The third kappa shape index (κ3) is 1.95. The molecule has 1 aromatic carbocycles. The van der Waals surface area contributed by atoms with Gasteiger partial charge in [-0.3, -0.25) is 0 Å². The van der Waals surface area contributed by atoms with Crippen molar-refractivity contribution in [2.75, 3.05) is 5.88 Å². The summed E-state index contributed by atoms with van der Waals surface area (Å²) < 4.78 is 13.4. The van der Waals surface area contributed by atoms with E-state index in [-0.39, 0.29) is 5.82 Å².